The quantitative estimate of drug-likeness (QED) is 0.852. The Bertz CT molecular complexity index is 275. The molecule has 0 spiro atoms. The Kier molecular flexibility index (Phi) is 7.44. The van der Waals surface area contributed by atoms with Crippen LogP contribution in [0.1, 0.15) is 26.3 Å². The predicted octanol–water partition coefficient (Wildman–Crippen LogP) is 3.87. The van der Waals surface area contributed by atoms with Crippen LogP contribution in [0.25, 0.3) is 5.57 Å². The fraction of sp³-hybridized carbons (Fsp3) is 0.333. The molecule has 0 aliphatic heterocycles. The second-order valence-electron chi connectivity index (χ2n) is 2.58. The summed E-state index contributed by atoms with van der Waals surface area (Å²) < 4.78 is 1.07. The lowest BCUT2D eigenvalue weighted by Gasteiger charge is -2.00. The van der Waals surface area contributed by atoms with Crippen LogP contribution in [0.4, 0.5) is 0 Å². The SMILES string of the molecule is C/C(=C\CO)c1ccc(Br)cc1.CC. The average molecular weight is 257 g/mol. The Hall–Kier alpha value is -0.600. The summed E-state index contributed by atoms with van der Waals surface area (Å²) in [5, 5.41) is 8.67. The highest BCUT2D eigenvalue weighted by atomic mass is 79.9. The molecule has 0 heterocycles. The summed E-state index contributed by atoms with van der Waals surface area (Å²) in [6.45, 7) is 6.08. The Morgan fingerprint density at radius 2 is 1.79 bits per heavy atom. The lowest BCUT2D eigenvalue weighted by Crippen LogP contribution is -1.81. The van der Waals surface area contributed by atoms with E-state index in [1.54, 1.807) is 6.08 Å². The average Bonchev–Trinajstić information content (AvgIpc) is 2.22. The zero-order valence-corrected chi connectivity index (χ0v) is 10.5. The predicted molar refractivity (Wildman–Crippen MR) is 66.2 cm³/mol. The number of benzene rings is 1. The Morgan fingerprint density at radius 3 is 2.21 bits per heavy atom. The van der Waals surface area contributed by atoms with E-state index in [4.69, 9.17) is 5.11 Å². The molecule has 1 aromatic rings. The number of hydrogen-bond acceptors (Lipinski definition) is 1. The highest BCUT2D eigenvalue weighted by Crippen LogP contribution is 2.16. The molecule has 78 valence electrons. The molecule has 1 N–H and O–H groups in total. The highest BCUT2D eigenvalue weighted by Gasteiger charge is 1.93. The zero-order valence-electron chi connectivity index (χ0n) is 8.92. The van der Waals surface area contributed by atoms with Crippen molar-refractivity contribution < 1.29 is 5.11 Å². The molecule has 1 nitrogen and oxygen atoms in total. The van der Waals surface area contributed by atoms with Gasteiger partial charge in [0.15, 0.2) is 0 Å². The van der Waals surface area contributed by atoms with Gasteiger partial charge in [0.25, 0.3) is 0 Å². The van der Waals surface area contributed by atoms with Crippen molar-refractivity contribution in [2.24, 2.45) is 0 Å². The molecular formula is C12H17BrO. The molecule has 1 aromatic carbocycles. The van der Waals surface area contributed by atoms with Gasteiger partial charge in [0.05, 0.1) is 6.61 Å². The van der Waals surface area contributed by atoms with Gasteiger partial charge in [0.2, 0.25) is 0 Å². The summed E-state index contributed by atoms with van der Waals surface area (Å²) in [5.74, 6) is 0. The molecule has 0 bridgehead atoms. The van der Waals surface area contributed by atoms with Gasteiger partial charge in [-0.2, -0.15) is 0 Å². The van der Waals surface area contributed by atoms with Crippen molar-refractivity contribution >= 4 is 21.5 Å². The summed E-state index contributed by atoms with van der Waals surface area (Å²) in [7, 11) is 0. The normalized spacial score (nSPS) is 10.5. The highest BCUT2D eigenvalue weighted by molar-refractivity contribution is 9.10. The minimum absolute atomic E-state index is 0.0991. The van der Waals surface area contributed by atoms with Crippen LogP contribution in [0.2, 0.25) is 0 Å². The van der Waals surface area contributed by atoms with Crippen molar-refractivity contribution in [1.82, 2.24) is 0 Å². The molecule has 0 aromatic heterocycles. The molecule has 0 aliphatic carbocycles. The molecule has 0 saturated heterocycles. The maximum atomic E-state index is 8.67. The Morgan fingerprint density at radius 1 is 1.29 bits per heavy atom. The van der Waals surface area contributed by atoms with E-state index < -0.39 is 0 Å². The van der Waals surface area contributed by atoms with Crippen LogP contribution in [0.15, 0.2) is 34.8 Å². The van der Waals surface area contributed by atoms with Crippen molar-refractivity contribution in [2.75, 3.05) is 6.61 Å². The van der Waals surface area contributed by atoms with E-state index in [9.17, 15) is 0 Å². The Labute approximate surface area is 94.6 Å². The van der Waals surface area contributed by atoms with Gasteiger partial charge in [-0.15, -0.1) is 0 Å². The molecule has 0 saturated carbocycles. The number of allylic oxidation sites excluding steroid dienone is 1. The van der Waals surface area contributed by atoms with Crippen LogP contribution < -0.4 is 0 Å². The van der Waals surface area contributed by atoms with Gasteiger partial charge < -0.3 is 5.11 Å². The van der Waals surface area contributed by atoms with Crippen LogP contribution >= 0.6 is 15.9 Å². The topological polar surface area (TPSA) is 20.2 Å². The fourth-order valence-corrected chi connectivity index (χ4v) is 1.23. The van der Waals surface area contributed by atoms with Crippen LogP contribution in [0.5, 0.6) is 0 Å². The number of hydrogen-bond donors (Lipinski definition) is 1. The van der Waals surface area contributed by atoms with Crippen molar-refractivity contribution in [3.05, 3.63) is 40.4 Å². The van der Waals surface area contributed by atoms with Gasteiger partial charge in [-0.1, -0.05) is 48.0 Å². The molecule has 2 heteroatoms. The van der Waals surface area contributed by atoms with E-state index in [2.05, 4.69) is 15.9 Å². The molecule has 0 unspecified atom stereocenters. The van der Waals surface area contributed by atoms with E-state index in [1.807, 2.05) is 45.0 Å². The van der Waals surface area contributed by atoms with E-state index in [-0.39, 0.29) is 6.61 Å². The smallest absolute Gasteiger partial charge is 0.0618 e. The third-order valence-electron chi connectivity index (χ3n) is 1.70. The molecule has 0 amide bonds. The van der Waals surface area contributed by atoms with E-state index in [0.717, 1.165) is 15.6 Å². The largest absolute Gasteiger partial charge is 0.392 e. The van der Waals surface area contributed by atoms with Crippen molar-refractivity contribution in [3.8, 4) is 0 Å². The molecule has 0 radical (unpaired) electrons. The molecule has 1 rings (SSSR count). The van der Waals surface area contributed by atoms with Gasteiger partial charge in [0, 0.05) is 4.47 Å². The number of aliphatic hydroxyl groups excluding tert-OH is 1. The fourth-order valence-electron chi connectivity index (χ4n) is 0.968. The molecule has 0 fully saturated rings. The zero-order chi connectivity index (χ0) is 11.0. The first kappa shape index (κ1) is 13.4. The van der Waals surface area contributed by atoms with Crippen LogP contribution in [0.3, 0.4) is 0 Å². The summed E-state index contributed by atoms with van der Waals surface area (Å²) in [5.41, 5.74) is 2.25. The summed E-state index contributed by atoms with van der Waals surface area (Å²) >= 11 is 3.36. The maximum Gasteiger partial charge on any atom is 0.0618 e. The van der Waals surface area contributed by atoms with Crippen molar-refractivity contribution in [3.63, 3.8) is 0 Å². The minimum atomic E-state index is 0.0991. The van der Waals surface area contributed by atoms with E-state index in [0.29, 0.717) is 0 Å². The standard InChI is InChI=1S/C10H11BrO.C2H6/c1-8(6-7-12)9-2-4-10(11)5-3-9;1-2/h2-6,12H,7H2,1H3;1-2H3/b8-6+;. The number of rotatable bonds is 2. The van der Waals surface area contributed by atoms with E-state index >= 15 is 0 Å². The monoisotopic (exact) mass is 256 g/mol. The molecular weight excluding hydrogens is 240 g/mol. The van der Waals surface area contributed by atoms with Gasteiger partial charge in [-0.05, 0) is 30.2 Å². The first-order valence-corrected chi connectivity index (χ1v) is 5.57. The summed E-state index contributed by atoms with van der Waals surface area (Å²) in [6.07, 6.45) is 1.79. The number of halogens is 1. The van der Waals surface area contributed by atoms with Crippen LogP contribution in [0, 0.1) is 0 Å². The molecule has 14 heavy (non-hydrogen) atoms. The van der Waals surface area contributed by atoms with Gasteiger partial charge >= 0.3 is 0 Å². The summed E-state index contributed by atoms with van der Waals surface area (Å²) in [6, 6.07) is 8.02. The van der Waals surface area contributed by atoms with Crippen molar-refractivity contribution in [1.29, 1.82) is 0 Å². The lowest BCUT2D eigenvalue weighted by atomic mass is 10.1. The van der Waals surface area contributed by atoms with Gasteiger partial charge in [0.1, 0.15) is 0 Å². The Balaban J connectivity index is 0.000000791. The van der Waals surface area contributed by atoms with Crippen molar-refractivity contribution in [2.45, 2.75) is 20.8 Å². The first-order chi connectivity index (χ1) is 6.74. The second-order valence-corrected chi connectivity index (χ2v) is 3.49. The first-order valence-electron chi connectivity index (χ1n) is 4.77. The second kappa shape index (κ2) is 7.77. The van der Waals surface area contributed by atoms with Gasteiger partial charge in [-0.25, -0.2) is 0 Å². The lowest BCUT2D eigenvalue weighted by molar-refractivity contribution is 0.343. The third-order valence-corrected chi connectivity index (χ3v) is 2.23. The number of aliphatic hydroxyl groups is 1. The van der Waals surface area contributed by atoms with Gasteiger partial charge in [-0.3, -0.25) is 0 Å². The van der Waals surface area contributed by atoms with Crippen LogP contribution in [-0.4, -0.2) is 11.7 Å². The van der Waals surface area contributed by atoms with E-state index in [1.165, 1.54) is 0 Å². The third kappa shape index (κ3) is 4.58. The summed E-state index contributed by atoms with van der Waals surface area (Å²) in [4.78, 5) is 0. The maximum absolute atomic E-state index is 8.67. The molecule has 0 atom stereocenters. The molecule has 0 aliphatic rings. The minimum Gasteiger partial charge on any atom is -0.392 e. The van der Waals surface area contributed by atoms with Crippen LogP contribution in [-0.2, 0) is 0 Å².